The van der Waals surface area contributed by atoms with Crippen molar-refractivity contribution in [3.05, 3.63) is 29.8 Å². The van der Waals surface area contributed by atoms with Crippen molar-refractivity contribution in [1.29, 1.82) is 0 Å². The fourth-order valence-electron chi connectivity index (χ4n) is 4.96. The monoisotopic (exact) mass is 416 g/mol. The van der Waals surface area contributed by atoms with E-state index in [2.05, 4.69) is 11.8 Å². The predicted molar refractivity (Wildman–Crippen MR) is 111 cm³/mol. The van der Waals surface area contributed by atoms with Gasteiger partial charge in [0, 0.05) is 39.3 Å². The number of carbonyl (C=O) groups excluding carboxylic acids is 1. The van der Waals surface area contributed by atoms with Gasteiger partial charge in [-0.3, -0.25) is 14.5 Å². The van der Waals surface area contributed by atoms with Crippen LogP contribution in [0.5, 0.6) is 5.75 Å². The van der Waals surface area contributed by atoms with E-state index in [4.69, 9.17) is 9.47 Å². The number of piperidine rings is 1. The van der Waals surface area contributed by atoms with Gasteiger partial charge in [0.1, 0.15) is 11.2 Å². The van der Waals surface area contributed by atoms with Crippen molar-refractivity contribution in [2.24, 2.45) is 17.3 Å². The summed E-state index contributed by atoms with van der Waals surface area (Å²) in [6.45, 7) is 6.91. The molecule has 3 heterocycles. The van der Waals surface area contributed by atoms with Crippen LogP contribution in [0.25, 0.3) is 0 Å². The lowest BCUT2D eigenvalue weighted by atomic mass is 9.76. The molecule has 3 fully saturated rings. The normalized spacial score (nSPS) is 27.6. The van der Waals surface area contributed by atoms with E-state index in [1.165, 1.54) is 0 Å². The zero-order valence-electron chi connectivity index (χ0n) is 17.7. The van der Waals surface area contributed by atoms with Gasteiger partial charge in [-0.25, -0.2) is 0 Å². The van der Waals surface area contributed by atoms with Crippen LogP contribution in [0.15, 0.2) is 24.3 Å². The third-order valence-corrected chi connectivity index (χ3v) is 6.99. The zero-order chi connectivity index (χ0) is 21.1. The molecule has 4 rings (SSSR count). The van der Waals surface area contributed by atoms with Gasteiger partial charge in [0.25, 0.3) is 5.91 Å². The van der Waals surface area contributed by atoms with Crippen LogP contribution in [0.3, 0.4) is 0 Å². The number of ether oxygens (including phenoxy) is 2. The second-order valence-corrected chi connectivity index (χ2v) is 9.17. The van der Waals surface area contributed by atoms with Gasteiger partial charge in [-0.1, -0.05) is 19.1 Å². The molecule has 1 N–H and O–H groups in total. The first kappa shape index (κ1) is 21.1. The molecule has 1 amide bonds. The van der Waals surface area contributed by atoms with Gasteiger partial charge in [0.05, 0.1) is 6.61 Å². The number of nitrogens with zero attached hydrogens (tertiary/aromatic N) is 2. The van der Waals surface area contributed by atoms with Gasteiger partial charge < -0.3 is 19.5 Å². The van der Waals surface area contributed by atoms with Gasteiger partial charge in [0.15, 0.2) is 6.61 Å². The maximum absolute atomic E-state index is 12.3. The molecular formula is C23H32N2O5. The number of carboxylic acids is 1. The maximum Gasteiger partial charge on any atom is 0.313 e. The number of carbonyl (C=O) groups is 2. The highest BCUT2D eigenvalue weighted by Gasteiger charge is 2.53. The minimum absolute atomic E-state index is 0.0480. The number of amides is 1. The lowest BCUT2D eigenvalue weighted by Gasteiger charge is -2.34. The molecule has 7 nitrogen and oxygen atoms in total. The Morgan fingerprint density at radius 1 is 1.20 bits per heavy atom. The van der Waals surface area contributed by atoms with Crippen molar-refractivity contribution in [2.45, 2.75) is 32.7 Å². The third kappa shape index (κ3) is 4.47. The van der Waals surface area contributed by atoms with Crippen molar-refractivity contribution < 1.29 is 24.2 Å². The van der Waals surface area contributed by atoms with Crippen LogP contribution < -0.4 is 4.74 Å². The van der Waals surface area contributed by atoms with Crippen LogP contribution >= 0.6 is 0 Å². The van der Waals surface area contributed by atoms with Crippen molar-refractivity contribution in [3.8, 4) is 5.75 Å². The average Bonchev–Trinajstić information content (AvgIpc) is 3.13. The highest BCUT2D eigenvalue weighted by Crippen LogP contribution is 2.42. The lowest BCUT2D eigenvalue weighted by Crippen LogP contribution is -2.46. The molecule has 1 aromatic carbocycles. The number of benzene rings is 1. The molecule has 0 saturated carbocycles. The second kappa shape index (κ2) is 8.94. The summed E-state index contributed by atoms with van der Waals surface area (Å²) in [6, 6.07) is 7.77. The molecule has 0 bridgehead atoms. The summed E-state index contributed by atoms with van der Waals surface area (Å²) in [6.07, 6.45) is 2.93. The van der Waals surface area contributed by atoms with Crippen molar-refractivity contribution in [1.82, 2.24) is 9.80 Å². The molecule has 30 heavy (non-hydrogen) atoms. The van der Waals surface area contributed by atoms with Crippen molar-refractivity contribution in [2.75, 3.05) is 46.0 Å². The number of likely N-dealkylation sites (tertiary alicyclic amines) is 2. The van der Waals surface area contributed by atoms with Crippen molar-refractivity contribution in [3.63, 3.8) is 0 Å². The summed E-state index contributed by atoms with van der Waals surface area (Å²) in [7, 11) is 0. The molecule has 3 aliphatic rings. The van der Waals surface area contributed by atoms with E-state index in [9.17, 15) is 14.7 Å². The van der Waals surface area contributed by atoms with Crippen molar-refractivity contribution >= 4 is 11.9 Å². The molecule has 2 atom stereocenters. The maximum atomic E-state index is 12.3. The summed E-state index contributed by atoms with van der Waals surface area (Å²) >= 11 is 0. The van der Waals surface area contributed by atoms with Crippen LogP contribution in [0.1, 0.15) is 31.7 Å². The molecule has 0 unspecified atom stereocenters. The first-order chi connectivity index (χ1) is 14.5. The van der Waals surface area contributed by atoms with Crippen LogP contribution in [0.4, 0.5) is 0 Å². The molecule has 3 aliphatic heterocycles. The topological polar surface area (TPSA) is 79.3 Å². The number of aliphatic carboxylic acids is 1. The Balaban J connectivity index is 1.28. The summed E-state index contributed by atoms with van der Waals surface area (Å²) in [4.78, 5) is 28.3. The SMILES string of the molecule is CC1CCN(C(=O)COc2ccc(CN3C[C@@H]4CCOC[C@]4(C(=O)O)C3)cc2)CC1. The minimum atomic E-state index is -0.770. The largest absolute Gasteiger partial charge is 0.484 e. The summed E-state index contributed by atoms with van der Waals surface area (Å²) in [5.74, 6) is 0.830. The average molecular weight is 417 g/mol. The lowest BCUT2D eigenvalue weighted by molar-refractivity contribution is -0.159. The molecule has 3 saturated heterocycles. The second-order valence-electron chi connectivity index (χ2n) is 9.17. The quantitative estimate of drug-likeness (QED) is 0.766. The molecular weight excluding hydrogens is 384 g/mol. The third-order valence-electron chi connectivity index (χ3n) is 6.99. The highest BCUT2D eigenvalue weighted by molar-refractivity contribution is 5.78. The first-order valence-electron chi connectivity index (χ1n) is 11.0. The number of hydrogen-bond donors (Lipinski definition) is 1. The number of rotatable bonds is 6. The van der Waals surface area contributed by atoms with Crippen LogP contribution in [0.2, 0.25) is 0 Å². The molecule has 0 aromatic heterocycles. The van der Waals surface area contributed by atoms with E-state index in [-0.39, 0.29) is 18.4 Å². The Bertz CT molecular complexity index is 759. The molecule has 7 heteroatoms. The molecule has 1 aromatic rings. The van der Waals surface area contributed by atoms with Crippen LogP contribution in [-0.2, 0) is 20.9 Å². The Kier molecular flexibility index (Phi) is 6.29. The van der Waals surface area contributed by atoms with Gasteiger partial charge in [-0.2, -0.15) is 0 Å². The van der Waals surface area contributed by atoms with Gasteiger partial charge >= 0.3 is 5.97 Å². The summed E-state index contributed by atoms with van der Waals surface area (Å²) in [5, 5.41) is 9.78. The molecule has 0 aliphatic carbocycles. The fraction of sp³-hybridized carbons (Fsp3) is 0.652. The minimum Gasteiger partial charge on any atom is -0.484 e. The van der Waals surface area contributed by atoms with E-state index in [1.54, 1.807) is 0 Å². The zero-order valence-corrected chi connectivity index (χ0v) is 17.7. The fourth-order valence-corrected chi connectivity index (χ4v) is 4.96. The van der Waals surface area contributed by atoms with E-state index >= 15 is 0 Å². The molecule has 164 valence electrons. The van der Waals surface area contributed by atoms with E-state index < -0.39 is 11.4 Å². The Hall–Kier alpha value is -2.12. The number of carboxylic acid groups (broad SMARTS) is 1. The predicted octanol–water partition coefficient (Wildman–Crippen LogP) is 2.25. The number of hydrogen-bond acceptors (Lipinski definition) is 5. The highest BCUT2D eigenvalue weighted by atomic mass is 16.5. The van der Waals surface area contributed by atoms with E-state index in [1.807, 2.05) is 29.2 Å². The number of fused-ring (bicyclic) bond motifs is 1. The Morgan fingerprint density at radius 2 is 1.93 bits per heavy atom. The smallest absolute Gasteiger partial charge is 0.313 e. The van der Waals surface area contributed by atoms with Crippen LogP contribution in [0, 0.1) is 17.3 Å². The van der Waals surface area contributed by atoms with E-state index in [0.29, 0.717) is 38.0 Å². The van der Waals surface area contributed by atoms with Gasteiger partial charge in [-0.05, 0) is 48.8 Å². The van der Waals surface area contributed by atoms with Gasteiger partial charge in [0.2, 0.25) is 0 Å². The molecule has 0 spiro atoms. The molecule has 0 radical (unpaired) electrons. The first-order valence-corrected chi connectivity index (χ1v) is 11.0. The Morgan fingerprint density at radius 3 is 2.60 bits per heavy atom. The van der Waals surface area contributed by atoms with E-state index in [0.717, 1.165) is 44.5 Å². The van der Waals surface area contributed by atoms with Crippen LogP contribution in [-0.4, -0.2) is 72.8 Å². The summed E-state index contributed by atoms with van der Waals surface area (Å²) < 4.78 is 11.2. The standard InChI is InChI=1S/C23H32N2O5/c1-17-6-9-25(10-7-17)21(26)14-30-20-4-2-18(3-5-20)12-24-13-19-8-11-29-16-23(19,15-24)22(27)28/h2-5,17,19H,6-16H2,1H3,(H,27,28)/t19-,23+/m0/s1. The summed E-state index contributed by atoms with van der Waals surface area (Å²) in [5.41, 5.74) is 0.340. The Labute approximate surface area is 177 Å². The van der Waals surface area contributed by atoms with Gasteiger partial charge in [-0.15, -0.1) is 0 Å².